The second-order valence-corrected chi connectivity index (χ2v) is 8.54. The highest BCUT2D eigenvalue weighted by atomic mass is 19.3. The molecular formula is C23H23F2N5O2. The third kappa shape index (κ3) is 3.37. The van der Waals surface area contributed by atoms with Gasteiger partial charge in [-0.25, -0.2) is 13.8 Å². The Hall–Kier alpha value is -3.17. The van der Waals surface area contributed by atoms with Crippen LogP contribution in [0.15, 0.2) is 54.9 Å². The van der Waals surface area contributed by atoms with Gasteiger partial charge >= 0.3 is 0 Å². The van der Waals surface area contributed by atoms with Gasteiger partial charge in [-0.1, -0.05) is 0 Å². The van der Waals surface area contributed by atoms with E-state index in [2.05, 4.69) is 20.3 Å². The molecule has 2 bridgehead atoms. The molecule has 0 aliphatic carbocycles. The SMILES string of the molecule is CO[C@@H]1/C(=C\c2cnc(-c3ccc(-n4ccnc4)cc3O)cn2)C[C@@]2(C)N[C@@H]1CC2(F)F. The Labute approximate surface area is 183 Å². The van der Waals surface area contributed by atoms with E-state index in [1.165, 1.54) is 7.11 Å². The van der Waals surface area contributed by atoms with Crippen molar-refractivity contribution >= 4 is 6.08 Å². The lowest BCUT2D eigenvalue weighted by molar-refractivity contribution is -0.0523. The summed E-state index contributed by atoms with van der Waals surface area (Å²) in [5.41, 5.74) is 1.85. The van der Waals surface area contributed by atoms with Crippen LogP contribution in [0.3, 0.4) is 0 Å². The lowest BCUT2D eigenvalue weighted by atomic mass is 9.85. The number of hydrogen-bond donors (Lipinski definition) is 2. The van der Waals surface area contributed by atoms with Gasteiger partial charge in [0.2, 0.25) is 0 Å². The number of methoxy groups -OCH3 is 1. The van der Waals surface area contributed by atoms with E-state index in [0.29, 0.717) is 17.0 Å². The van der Waals surface area contributed by atoms with E-state index in [1.807, 2.05) is 6.07 Å². The highest BCUT2D eigenvalue weighted by Crippen LogP contribution is 2.49. The second kappa shape index (κ2) is 7.46. The highest BCUT2D eigenvalue weighted by Gasteiger charge is 2.62. The van der Waals surface area contributed by atoms with Crippen molar-refractivity contribution in [2.24, 2.45) is 0 Å². The molecule has 32 heavy (non-hydrogen) atoms. The number of phenols is 1. The van der Waals surface area contributed by atoms with Gasteiger partial charge in [0.05, 0.1) is 47.4 Å². The first kappa shape index (κ1) is 20.7. The number of ether oxygens (including phenoxy) is 1. The third-order valence-electron chi connectivity index (χ3n) is 6.39. The number of aromatic hydroxyl groups is 1. The predicted molar refractivity (Wildman–Crippen MR) is 115 cm³/mol. The molecule has 0 radical (unpaired) electrons. The van der Waals surface area contributed by atoms with Crippen LogP contribution in [-0.4, -0.2) is 55.3 Å². The minimum Gasteiger partial charge on any atom is -0.507 e. The Morgan fingerprint density at radius 2 is 2.12 bits per heavy atom. The van der Waals surface area contributed by atoms with Gasteiger partial charge < -0.3 is 19.7 Å². The third-order valence-corrected chi connectivity index (χ3v) is 6.39. The van der Waals surface area contributed by atoms with Gasteiger partial charge in [0.1, 0.15) is 5.75 Å². The Bertz CT molecular complexity index is 1160. The maximum absolute atomic E-state index is 14.5. The van der Waals surface area contributed by atoms with E-state index in [1.54, 1.807) is 60.8 Å². The number of imidazole rings is 1. The maximum Gasteiger partial charge on any atom is 0.267 e. The van der Waals surface area contributed by atoms with Crippen molar-refractivity contribution in [3.63, 3.8) is 0 Å². The summed E-state index contributed by atoms with van der Waals surface area (Å²) < 4.78 is 36.3. The van der Waals surface area contributed by atoms with Crippen molar-refractivity contribution in [1.29, 1.82) is 0 Å². The van der Waals surface area contributed by atoms with Crippen LogP contribution in [0.4, 0.5) is 8.78 Å². The molecule has 2 aliphatic rings. The van der Waals surface area contributed by atoms with E-state index in [0.717, 1.165) is 11.3 Å². The summed E-state index contributed by atoms with van der Waals surface area (Å²) >= 11 is 0. The van der Waals surface area contributed by atoms with Gasteiger partial charge in [0, 0.05) is 43.6 Å². The number of hydrogen-bond acceptors (Lipinski definition) is 6. The van der Waals surface area contributed by atoms with E-state index in [-0.39, 0.29) is 18.6 Å². The van der Waals surface area contributed by atoms with Crippen LogP contribution >= 0.6 is 0 Å². The van der Waals surface area contributed by atoms with Crippen LogP contribution in [0.5, 0.6) is 5.75 Å². The van der Waals surface area contributed by atoms with E-state index < -0.39 is 23.6 Å². The van der Waals surface area contributed by atoms with Crippen molar-refractivity contribution in [3.8, 4) is 22.7 Å². The smallest absolute Gasteiger partial charge is 0.267 e. The Kier molecular flexibility index (Phi) is 4.83. The Morgan fingerprint density at radius 3 is 2.78 bits per heavy atom. The number of phenolic OH excluding ortho intramolecular Hbond substituents is 1. The van der Waals surface area contributed by atoms with Crippen LogP contribution < -0.4 is 5.32 Å². The van der Waals surface area contributed by atoms with E-state index >= 15 is 0 Å². The first-order valence-corrected chi connectivity index (χ1v) is 10.3. The molecular weight excluding hydrogens is 416 g/mol. The molecule has 9 heteroatoms. The fourth-order valence-corrected chi connectivity index (χ4v) is 4.70. The minimum atomic E-state index is -2.81. The average molecular weight is 439 g/mol. The standard InChI is InChI=1S/C23H23F2N5O2/c1-22-9-14(21(32-2)18(29-22)10-23(22,24)25)7-15-11-28-19(12-27-15)17-4-3-16(8-20(17)31)30-6-5-26-13-30/h3-8,11-13,18,21,29,31H,9-10H2,1-2H3/b14-7-/t18-,21-,22-/m1/s1. The van der Waals surface area contributed by atoms with Crippen LogP contribution in [0.1, 0.15) is 25.5 Å². The Morgan fingerprint density at radius 1 is 1.28 bits per heavy atom. The fourth-order valence-electron chi connectivity index (χ4n) is 4.70. The first-order chi connectivity index (χ1) is 15.3. The number of alkyl halides is 2. The predicted octanol–water partition coefficient (Wildman–Crippen LogP) is 3.59. The largest absolute Gasteiger partial charge is 0.507 e. The number of rotatable bonds is 4. The molecule has 0 saturated carbocycles. The zero-order valence-electron chi connectivity index (χ0n) is 17.7. The molecule has 2 saturated heterocycles. The molecule has 5 rings (SSSR count). The minimum absolute atomic E-state index is 0.0705. The van der Waals surface area contributed by atoms with Gasteiger partial charge in [-0.2, -0.15) is 0 Å². The molecule has 3 aromatic rings. The number of piperidine rings is 1. The summed E-state index contributed by atoms with van der Waals surface area (Å²) in [7, 11) is 1.53. The van der Waals surface area contributed by atoms with Crippen molar-refractivity contribution in [2.75, 3.05) is 7.11 Å². The lowest BCUT2D eigenvalue weighted by Gasteiger charge is -2.38. The summed E-state index contributed by atoms with van der Waals surface area (Å²) in [6, 6.07) is 4.80. The molecule has 2 aliphatic heterocycles. The van der Waals surface area contributed by atoms with Crippen LogP contribution in [0, 0.1) is 0 Å². The van der Waals surface area contributed by atoms with Crippen LogP contribution in [0.25, 0.3) is 23.0 Å². The Balaban J connectivity index is 1.41. The molecule has 4 heterocycles. The lowest BCUT2D eigenvalue weighted by Crippen LogP contribution is -2.56. The van der Waals surface area contributed by atoms with Crippen molar-refractivity contribution < 1.29 is 18.6 Å². The van der Waals surface area contributed by atoms with Crippen molar-refractivity contribution in [1.82, 2.24) is 24.8 Å². The maximum atomic E-state index is 14.5. The summed E-state index contributed by atoms with van der Waals surface area (Å²) in [6.07, 6.45) is 9.47. The van der Waals surface area contributed by atoms with Crippen molar-refractivity contribution in [2.45, 2.75) is 43.4 Å². The number of aromatic nitrogens is 4. The molecule has 1 aromatic carbocycles. The van der Waals surface area contributed by atoms with Crippen LogP contribution in [0.2, 0.25) is 0 Å². The summed E-state index contributed by atoms with van der Waals surface area (Å²) in [5, 5.41) is 13.5. The molecule has 0 unspecified atom stereocenters. The summed E-state index contributed by atoms with van der Waals surface area (Å²) in [4.78, 5) is 12.9. The number of halogens is 2. The van der Waals surface area contributed by atoms with Crippen molar-refractivity contribution in [3.05, 3.63) is 60.6 Å². The first-order valence-electron chi connectivity index (χ1n) is 10.3. The molecule has 7 nitrogen and oxygen atoms in total. The summed E-state index contributed by atoms with van der Waals surface area (Å²) in [6.45, 7) is 1.55. The van der Waals surface area contributed by atoms with Gasteiger partial charge in [0.25, 0.3) is 5.92 Å². The monoisotopic (exact) mass is 439 g/mol. The number of benzene rings is 1. The normalized spacial score (nSPS) is 27.7. The number of nitrogens with zero attached hydrogens (tertiary/aromatic N) is 4. The average Bonchev–Trinajstić information content (AvgIpc) is 3.34. The number of nitrogens with one attached hydrogen (secondary N) is 1. The van der Waals surface area contributed by atoms with Crippen LogP contribution in [-0.2, 0) is 4.74 Å². The quantitative estimate of drug-likeness (QED) is 0.646. The number of fused-ring (bicyclic) bond motifs is 2. The van der Waals surface area contributed by atoms with Gasteiger partial charge in [-0.05, 0) is 37.1 Å². The molecule has 0 spiro atoms. The van der Waals surface area contributed by atoms with Gasteiger partial charge in [-0.3, -0.25) is 9.97 Å². The molecule has 166 valence electrons. The molecule has 2 N–H and O–H groups in total. The van der Waals surface area contributed by atoms with E-state index in [9.17, 15) is 13.9 Å². The second-order valence-electron chi connectivity index (χ2n) is 8.54. The van der Waals surface area contributed by atoms with Gasteiger partial charge in [0.15, 0.2) is 0 Å². The molecule has 2 aromatic heterocycles. The van der Waals surface area contributed by atoms with E-state index in [4.69, 9.17) is 4.74 Å². The topological polar surface area (TPSA) is 85.1 Å². The zero-order chi connectivity index (χ0) is 22.5. The zero-order valence-corrected chi connectivity index (χ0v) is 17.7. The highest BCUT2D eigenvalue weighted by molar-refractivity contribution is 5.68. The van der Waals surface area contributed by atoms with Gasteiger partial charge in [-0.15, -0.1) is 0 Å². The summed E-state index contributed by atoms with van der Waals surface area (Å²) in [5.74, 6) is -2.74. The molecule has 0 amide bonds. The fraction of sp³-hybridized carbons (Fsp3) is 0.348. The molecule has 3 atom stereocenters. The molecule has 2 fully saturated rings.